The van der Waals surface area contributed by atoms with Crippen LogP contribution < -0.4 is 4.90 Å². The van der Waals surface area contributed by atoms with Gasteiger partial charge in [0, 0.05) is 24.7 Å². The van der Waals surface area contributed by atoms with E-state index in [1.54, 1.807) is 29.1 Å². The second kappa shape index (κ2) is 7.95. The van der Waals surface area contributed by atoms with Crippen molar-refractivity contribution in [2.24, 2.45) is 5.41 Å². The van der Waals surface area contributed by atoms with Gasteiger partial charge in [0.15, 0.2) is 11.5 Å². The van der Waals surface area contributed by atoms with E-state index in [-0.39, 0.29) is 12.0 Å². The Morgan fingerprint density at radius 2 is 2.03 bits per heavy atom. The van der Waals surface area contributed by atoms with E-state index in [9.17, 15) is 13.9 Å². The second-order valence-electron chi connectivity index (χ2n) is 9.36. The fourth-order valence-corrected chi connectivity index (χ4v) is 5.26. The largest absolute Gasteiger partial charge is 0.390 e. The van der Waals surface area contributed by atoms with Crippen LogP contribution in [0.4, 0.5) is 14.6 Å². The second-order valence-corrected chi connectivity index (χ2v) is 9.36. The highest BCUT2D eigenvalue weighted by atomic mass is 19.3. The van der Waals surface area contributed by atoms with Gasteiger partial charge in [-0.2, -0.15) is 19.0 Å². The van der Waals surface area contributed by atoms with Gasteiger partial charge in [-0.25, -0.2) is 19.3 Å². The number of rotatable bonds is 4. The molecule has 11 heteroatoms. The average Bonchev–Trinajstić information content (AvgIpc) is 3.55. The third kappa shape index (κ3) is 3.50. The molecule has 3 aromatic heterocycles. The number of nitrogens with zero attached hydrogens (tertiary/aromatic N) is 7. The lowest BCUT2D eigenvalue weighted by atomic mass is 9.77. The van der Waals surface area contributed by atoms with Crippen LogP contribution in [0.1, 0.15) is 38.4 Å². The number of benzene rings is 1. The third-order valence-corrected chi connectivity index (χ3v) is 7.07. The van der Waals surface area contributed by atoms with Crippen molar-refractivity contribution in [3.8, 4) is 5.69 Å². The molecule has 4 aromatic rings. The minimum absolute atomic E-state index is 0.244. The molecule has 0 saturated carbocycles. The molecule has 1 N–H and O–H groups in total. The summed E-state index contributed by atoms with van der Waals surface area (Å²) in [5.74, 6) is 0.683. The summed E-state index contributed by atoms with van der Waals surface area (Å²) in [5.41, 5.74) is 2.89. The summed E-state index contributed by atoms with van der Waals surface area (Å²) >= 11 is 0. The molecule has 0 bridgehead atoms. The van der Waals surface area contributed by atoms with Gasteiger partial charge in [0.25, 0.3) is 0 Å². The van der Waals surface area contributed by atoms with E-state index in [1.807, 2.05) is 0 Å². The standard InChI is InChI=1S/C23H25F2N7O2/c1-14-9-23(13-34-14)4-6-30(7-5-23)20-19(12-33)28-21-18(27-20)10-26-32(21)16-3-2-15-11-31(22(24)25)29-17(15)8-16/h2-3,8,10-11,14,22,33H,4-7,9,12-13H2,1H3/t14-/m0/s1. The lowest BCUT2D eigenvalue weighted by molar-refractivity contribution is 0.0574. The SMILES string of the molecule is C[C@H]1CC2(CCN(c3nc4cnn(-c5ccc6cn(C(F)F)nc6c5)c4nc3CO)CC2)CO1. The van der Waals surface area contributed by atoms with Crippen molar-refractivity contribution in [1.29, 1.82) is 0 Å². The van der Waals surface area contributed by atoms with Crippen LogP contribution >= 0.6 is 0 Å². The van der Waals surface area contributed by atoms with Crippen molar-refractivity contribution in [1.82, 2.24) is 29.5 Å². The summed E-state index contributed by atoms with van der Waals surface area (Å²) in [6, 6.07) is 5.18. The Balaban J connectivity index is 1.32. The van der Waals surface area contributed by atoms with Crippen LogP contribution in [0, 0.1) is 5.41 Å². The molecule has 0 amide bonds. The minimum Gasteiger partial charge on any atom is -0.390 e. The maximum atomic E-state index is 13.0. The highest BCUT2D eigenvalue weighted by Gasteiger charge is 2.41. The molecule has 0 aliphatic carbocycles. The van der Waals surface area contributed by atoms with Gasteiger partial charge in [-0.1, -0.05) is 0 Å². The molecule has 2 saturated heterocycles. The number of aliphatic hydroxyl groups is 1. The van der Waals surface area contributed by atoms with Gasteiger partial charge in [-0.05, 0) is 49.8 Å². The first kappa shape index (κ1) is 21.4. The molecule has 9 nitrogen and oxygen atoms in total. The van der Waals surface area contributed by atoms with E-state index in [0.717, 1.165) is 39.0 Å². The summed E-state index contributed by atoms with van der Waals surface area (Å²) in [7, 11) is 0. The number of aromatic nitrogens is 6. The summed E-state index contributed by atoms with van der Waals surface area (Å²) in [6.45, 7) is 1.66. The molecular weight excluding hydrogens is 444 g/mol. The predicted molar refractivity (Wildman–Crippen MR) is 121 cm³/mol. The molecule has 5 heterocycles. The van der Waals surface area contributed by atoms with Gasteiger partial charge in [-0.3, -0.25) is 0 Å². The molecule has 1 atom stereocenters. The Morgan fingerprint density at radius 3 is 2.74 bits per heavy atom. The summed E-state index contributed by atoms with van der Waals surface area (Å²) in [6.07, 6.45) is 6.38. The maximum absolute atomic E-state index is 13.0. The van der Waals surface area contributed by atoms with Crippen LogP contribution in [-0.4, -0.2) is 60.4 Å². The quantitative estimate of drug-likeness (QED) is 0.489. The highest BCUT2D eigenvalue weighted by molar-refractivity contribution is 5.82. The molecule has 6 rings (SSSR count). The first-order valence-corrected chi connectivity index (χ1v) is 11.4. The van der Waals surface area contributed by atoms with Gasteiger partial charge in [0.2, 0.25) is 0 Å². The van der Waals surface area contributed by atoms with Crippen molar-refractivity contribution >= 4 is 27.9 Å². The number of anilines is 1. The molecule has 1 aromatic carbocycles. The Hall–Kier alpha value is -3.18. The van der Waals surface area contributed by atoms with Crippen LogP contribution in [0.3, 0.4) is 0 Å². The van der Waals surface area contributed by atoms with Crippen LogP contribution in [0.25, 0.3) is 27.8 Å². The van der Waals surface area contributed by atoms with Crippen molar-refractivity contribution in [2.45, 2.75) is 45.4 Å². The first-order chi connectivity index (χ1) is 16.4. The fraction of sp³-hybridized carbons (Fsp3) is 0.478. The van der Waals surface area contributed by atoms with Gasteiger partial charge < -0.3 is 14.7 Å². The molecule has 178 valence electrons. The monoisotopic (exact) mass is 469 g/mol. The Bertz CT molecular complexity index is 1360. The third-order valence-electron chi connectivity index (χ3n) is 7.07. The van der Waals surface area contributed by atoms with Crippen LogP contribution in [0.15, 0.2) is 30.6 Å². The van der Waals surface area contributed by atoms with Crippen LogP contribution in [0.2, 0.25) is 0 Å². The average molecular weight is 469 g/mol. The first-order valence-electron chi connectivity index (χ1n) is 11.4. The normalized spacial score (nSPS) is 20.4. The number of hydrogen-bond donors (Lipinski definition) is 1. The highest BCUT2D eigenvalue weighted by Crippen LogP contribution is 2.42. The van der Waals surface area contributed by atoms with Gasteiger partial charge in [0.05, 0.1) is 36.7 Å². The number of hydrogen-bond acceptors (Lipinski definition) is 7. The van der Waals surface area contributed by atoms with E-state index in [1.165, 1.54) is 6.20 Å². The minimum atomic E-state index is -2.70. The van der Waals surface area contributed by atoms with E-state index in [2.05, 4.69) is 22.0 Å². The maximum Gasteiger partial charge on any atom is 0.333 e. The lowest BCUT2D eigenvalue weighted by Gasteiger charge is -2.39. The Labute approximate surface area is 194 Å². The van der Waals surface area contributed by atoms with E-state index >= 15 is 0 Å². The lowest BCUT2D eigenvalue weighted by Crippen LogP contribution is -2.41. The number of piperidine rings is 1. The Morgan fingerprint density at radius 1 is 1.21 bits per heavy atom. The van der Waals surface area contributed by atoms with Crippen molar-refractivity contribution < 1.29 is 18.6 Å². The molecule has 0 unspecified atom stereocenters. The van der Waals surface area contributed by atoms with Gasteiger partial charge in [-0.15, -0.1) is 0 Å². The molecule has 2 aliphatic rings. The van der Waals surface area contributed by atoms with Gasteiger partial charge >= 0.3 is 6.55 Å². The number of aliphatic hydroxyl groups excluding tert-OH is 1. The summed E-state index contributed by atoms with van der Waals surface area (Å²) in [5, 5.41) is 19.1. The zero-order valence-corrected chi connectivity index (χ0v) is 18.7. The number of alkyl halides is 2. The fourth-order valence-electron chi connectivity index (χ4n) is 5.26. The predicted octanol–water partition coefficient (Wildman–Crippen LogP) is 3.45. The molecule has 0 radical (unpaired) electrons. The van der Waals surface area contributed by atoms with Crippen molar-refractivity contribution in [3.63, 3.8) is 0 Å². The van der Waals surface area contributed by atoms with Crippen molar-refractivity contribution in [3.05, 3.63) is 36.3 Å². The van der Waals surface area contributed by atoms with Crippen molar-refractivity contribution in [2.75, 3.05) is 24.6 Å². The van der Waals surface area contributed by atoms with Crippen LogP contribution in [0.5, 0.6) is 0 Å². The zero-order valence-electron chi connectivity index (χ0n) is 18.7. The smallest absolute Gasteiger partial charge is 0.333 e. The topological polar surface area (TPSA) is 94.1 Å². The molecule has 34 heavy (non-hydrogen) atoms. The van der Waals surface area contributed by atoms with Crippen LogP contribution in [-0.2, 0) is 11.3 Å². The molecule has 2 fully saturated rings. The molecular formula is C23H25F2N7O2. The van der Waals surface area contributed by atoms with E-state index in [4.69, 9.17) is 14.7 Å². The number of halogens is 2. The van der Waals surface area contributed by atoms with Gasteiger partial charge in [0.1, 0.15) is 11.2 Å². The Kier molecular flexibility index (Phi) is 4.99. The number of fused-ring (bicyclic) bond motifs is 2. The summed E-state index contributed by atoms with van der Waals surface area (Å²) < 4.78 is 34.0. The molecule has 1 spiro atoms. The number of ether oxygens (including phenoxy) is 1. The van der Waals surface area contributed by atoms with E-state index in [0.29, 0.717) is 50.1 Å². The van der Waals surface area contributed by atoms with E-state index < -0.39 is 6.55 Å². The zero-order chi connectivity index (χ0) is 23.4. The molecule has 2 aliphatic heterocycles. The summed E-state index contributed by atoms with van der Waals surface area (Å²) in [4.78, 5) is 11.7.